The van der Waals surface area contributed by atoms with Crippen molar-refractivity contribution < 1.29 is 4.74 Å². The summed E-state index contributed by atoms with van der Waals surface area (Å²) in [5.41, 5.74) is 5.99. The van der Waals surface area contributed by atoms with Crippen molar-refractivity contribution in [2.24, 2.45) is 0 Å². The second-order valence-electron chi connectivity index (χ2n) is 8.12. The predicted octanol–water partition coefficient (Wildman–Crippen LogP) is 5.02. The molecule has 3 aromatic rings. The van der Waals surface area contributed by atoms with E-state index in [1.165, 1.54) is 29.8 Å². The summed E-state index contributed by atoms with van der Waals surface area (Å²) in [6.45, 7) is 4.45. The van der Waals surface area contributed by atoms with E-state index in [1.54, 1.807) is 7.11 Å². The molecule has 0 bridgehead atoms. The molecular weight excluding hydrogens is 392 g/mol. The van der Waals surface area contributed by atoms with Gasteiger partial charge in [0.1, 0.15) is 5.75 Å². The minimum absolute atomic E-state index is 0.0195. The van der Waals surface area contributed by atoms with E-state index in [4.69, 9.17) is 17.0 Å². The van der Waals surface area contributed by atoms with Crippen LogP contribution in [0.25, 0.3) is 0 Å². The number of benzene rings is 1. The van der Waals surface area contributed by atoms with Gasteiger partial charge < -0.3 is 19.5 Å². The molecule has 2 fully saturated rings. The molecule has 154 valence electrons. The van der Waals surface area contributed by atoms with Crippen molar-refractivity contribution in [1.82, 2.24) is 14.9 Å². The van der Waals surface area contributed by atoms with E-state index in [-0.39, 0.29) is 12.1 Å². The first kappa shape index (κ1) is 19.1. The molecule has 0 radical (unpaired) electrons. The molecule has 0 spiro atoms. The zero-order valence-corrected chi connectivity index (χ0v) is 18.3. The smallest absolute Gasteiger partial charge is 0.174 e. The van der Waals surface area contributed by atoms with Gasteiger partial charge in [-0.25, -0.2) is 0 Å². The minimum atomic E-state index is -0.0195. The van der Waals surface area contributed by atoms with Crippen LogP contribution in [0.1, 0.15) is 53.6 Å². The Bertz CT molecular complexity index is 1070. The summed E-state index contributed by atoms with van der Waals surface area (Å²) in [5, 5.41) is 4.27. The molecule has 2 aromatic heterocycles. The van der Waals surface area contributed by atoms with Crippen LogP contribution in [0.5, 0.6) is 5.75 Å². The number of anilines is 1. The van der Waals surface area contributed by atoms with Crippen molar-refractivity contribution in [3.8, 4) is 5.75 Å². The van der Waals surface area contributed by atoms with Crippen LogP contribution in [0.3, 0.4) is 0 Å². The third-order valence-electron chi connectivity index (χ3n) is 6.20. The standard InChI is InChI=1S/C24H26N4OS/c1-15-14-20(16(2)27(15)17-7-8-17)23-22(21-6-4-5-13-25-21)26-24(30)28(23)18-9-11-19(29-3)12-10-18/h4-6,9-14,17,22-23H,7-8H2,1-3H3,(H,26,30). The maximum Gasteiger partial charge on any atom is 0.174 e. The van der Waals surface area contributed by atoms with Gasteiger partial charge in [-0.2, -0.15) is 0 Å². The van der Waals surface area contributed by atoms with E-state index in [9.17, 15) is 0 Å². The third kappa shape index (κ3) is 3.16. The predicted molar refractivity (Wildman–Crippen MR) is 123 cm³/mol. The average molecular weight is 419 g/mol. The number of methoxy groups -OCH3 is 1. The van der Waals surface area contributed by atoms with Gasteiger partial charge in [0, 0.05) is 29.3 Å². The molecule has 0 amide bonds. The van der Waals surface area contributed by atoms with Crippen molar-refractivity contribution in [3.63, 3.8) is 0 Å². The van der Waals surface area contributed by atoms with Crippen LogP contribution in [-0.4, -0.2) is 21.8 Å². The first-order chi connectivity index (χ1) is 14.6. The van der Waals surface area contributed by atoms with E-state index in [1.807, 2.05) is 30.5 Å². The van der Waals surface area contributed by atoms with E-state index < -0.39 is 0 Å². The maximum atomic E-state index is 5.83. The summed E-state index contributed by atoms with van der Waals surface area (Å²) >= 11 is 5.83. The Morgan fingerprint density at radius 2 is 1.87 bits per heavy atom. The first-order valence-electron chi connectivity index (χ1n) is 10.4. The van der Waals surface area contributed by atoms with Gasteiger partial charge in [0.05, 0.1) is 24.9 Å². The van der Waals surface area contributed by atoms with Gasteiger partial charge in [0.15, 0.2) is 5.11 Å². The Balaban J connectivity index is 1.64. The van der Waals surface area contributed by atoms with Crippen LogP contribution < -0.4 is 15.0 Å². The Hall–Kier alpha value is -2.86. The highest BCUT2D eigenvalue weighted by molar-refractivity contribution is 7.80. The fraction of sp³-hybridized carbons (Fsp3) is 0.333. The number of aromatic nitrogens is 2. The molecule has 5 rings (SSSR count). The van der Waals surface area contributed by atoms with Gasteiger partial charge in [-0.15, -0.1) is 0 Å². The van der Waals surface area contributed by atoms with Crippen molar-refractivity contribution in [3.05, 3.63) is 77.4 Å². The van der Waals surface area contributed by atoms with Crippen molar-refractivity contribution in [2.45, 2.75) is 44.8 Å². The third-order valence-corrected chi connectivity index (χ3v) is 6.52. The highest BCUT2D eigenvalue weighted by Crippen LogP contribution is 2.46. The van der Waals surface area contributed by atoms with E-state index in [2.05, 4.69) is 57.9 Å². The molecule has 1 saturated carbocycles. The summed E-state index contributed by atoms with van der Waals surface area (Å²) in [7, 11) is 1.68. The van der Waals surface area contributed by atoms with Crippen LogP contribution in [0.2, 0.25) is 0 Å². The largest absolute Gasteiger partial charge is 0.497 e. The number of pyridine rings is 1. The molecule has 3 heterocycles. The summed E-state index contributed by atoms with van der Waals surface area (Å²) in [6, 6.07) is 17.1. The van der Waals surface area contributed by atoms with Gasteiger partial charge in [0.2, 0.25) is 0 Å². The lowest BCUT2D eigenvalue weighted by Gasteiger charge is -2.28. The summed E-state index contributed by atoms with van der Waals surface area (Å²) in [4.78, 5) is 6.89. The Labute approximate surface area is 182 Å². The summed E-state index contributed by atoms with van der Waals surface area (Å²) in [5.74, 6) is 0.835. The molecule has 1 aliphatic carbocycles. The lowest BCUT2D eigenvalue weighted by Crippen LogP contribution is -2.29. The lowest BCUT2D eigenvalue weighted by atomic mass is 9.96. The molecule has 2 atom stereocenters. The number of thiocarbonyl (C=S) groups is 1. The SMILES string of the molecule is COc1ccc(N2C(=S)NC(c3ccccn3)C2c2cc(C)n(C3CC3)c2C)cc1. The minimum Gasteiger partial charge on any atom is -0.497 e. The maximum absolute atomic E-state index is 5.83. The fourth-order valence-corrected chi connectivity index (χ4v) is 5.03. The highest BCUT2D eigenvalue weighted by atomic mass is 32.1. The molecule has 2 unspecified atom stereocenters. The van der Waals surface area contributed by atoms with E-state index >= 15 is 0 Å². The number of nitrogens with one attached hydrogen (secondary N) is 1. The first-order valence-corrected chi connectivity index (χ1v) is 10.8. The van der Waals surface area contributed by atoms with Gasteiger partial charge in [-0.1, -0.05) is 6.07 Å². The Kier molecular flexibility index (Phi) is 4.74. The van der Waals surface area contributed by atoms with Gasteiger partial charge in [-0.05, 0) is 86.9 Å². The zero-order valence-electron chi connectivity index (χ0n) is 17.5. The summed E-state index contributed by atoms with van der Waals surface area (Å²) in [6.07, 6.45) is 4.38. The van der Waals surface area contributed by atoms with Crippen molar-refractivity contribution in [1.29, 1.82) is 0 Å². The van der Waals surface area contributed by atoms with Crippen LogP contribution >= 0.6 is 12.2 Å². The number of ether oxygens (including phenoxy) is 1. The number of rotatable bonds is 5. The molecule has 6 heteroatoms. The second-order valence-corrected chi connectivity index (χ2v) is 8.51. The average Bonchev–Trinajstić information content (AvgIpc) is 3.48. The topological polar surface area (TPSA) is 42.3 Å². The lowest BCUT2D eigenvalue weighted by molar-refractivity contribution is 0.415. The number of hydrogen-bond donors (Lipinski definition) is 1. The van der Waals surface area contributed by atoms with Gasteiger partial charge in [-0.3, -0.25) is 4.98 Å². The molecule has 1 aliphatic heterocycles. The highest BCUT2D eigenvalue weighted by Gasteiger charge is 2.42. The quantitative estimate of drug-likeness (QED) is 0.589. The number of hydrogen-bond acceptors (Lipinski definition) is 3. The van der Waals surface area contributed by atoms with Crippen molar-refractivity contribution in [2.75, 3.05) is 12.0 Å². The molecule has 1 saturated heterocycles. The zero-order chi connectivity index (χ0) is 20.8. The fourth-order valence-electron chi connectivity index (χ4n) is 4.69. The number of aryl methyl sites for hydroxylation is 1. The second kappa shape index (κ2) is 7.43. The molecule has 5 nitrogen and oxygen atoms in total. The molecule has 1 N–H and O–H groups in total. The summed E-state index contributed by atoms with van der Waals surface area (Å²) < 4.78 is 7.85. The van der Waals surface area contributed by atoms with Crippen LogP contribution in [0.4, 0.5) is 5.69 Å². The molecule has 1 aromatic carbocycles. The van der Waals surface area contributed by atoms with Gasteiger partial charge >= 0.3 is 0 Å². The van der Waals surface area contributed by atoms with Crippen LogP contribution in [-0.2, 0) is 0 Å². The Morgan fingerprint density at radius 1 is 1.10 bits per heavy atom. The van der Waals surface area contributed by atoms with Crippen LogP contribution in [0, 0.1) is 13.8 Å². The van der Waals surface area contributed by atoms with Crippen molar-refractivity contribution >= 4 is 23.0 Å². The van der Waals surface area contributed by atoms with Gasteiger partial charge in [0.25, 0.3) is 0 Å². The van der Waals surface area contributed by atoms with E-state index in [0.29, 0.717) is 6.04 Å². The molecular formula is C24H26N4OS. The normalized spacial score (nSPS) is 21.0. The number of nitrogens with zero attached hydrogens (tertiary/aromatic N) is 3. The molecule has 2 aliphatic rings. The molecule has 30 heavy (non-hydrogen) atoms. The van der Waals surface area contributed by atoms with Crippen LogP contribution in [0.15, 0.2) is 54.7 Å². The van der Waals surface area contributed by atoms with E-state index in [0.717, 1.165) is 22.2 Å². The Morgan fingerprint density at radius 3 is 2.50 bits per heavy atom. The monoisotopic (exact) mass is 418 g/mol.